The van der Waals surface area contributed by atoms with Crippen molar-refractivity contribution < 1.29 is 68.1 Å². The van der Waals surface area contributed by atoms with Crippen molar-refractivity contribution in [3.63, 3.8) is 0 Å². The van der Waals surface area contributed by atoms with Crippen LogP contribution in [0.3, 0.4) is 0 Å². The van der Waals surface area contributed by atoms with Crippen LogP contribution in [-0.2, 0) is 48.3 Å². The van der Waals surface area contributed by atoms with Gasteiger partial charge in [0.15, 0.2) is 0 Å². The van der Waals surface area contributed by atoms with Crippen LogP contribution in [0.2, 0.25) is 0 Å². The molecule has 0 fully saturated rings. The predicted molar refractivity (Wildman–Crippen MR) is 176 cm³/mol. The third kappa shape index (κ3) is 47.3. The third-order valence-electron chi connectivity index (χ3n) is 3.06. The second kappa shape index (κ2) is 21.6. The summed E-state index contributed by atoms with van der Waals surface area (Å²) in [5.41, 5.74) is -3.10. The summed E-state index contributed by atoms with van der Waals surface area (Å²) in [7, 11) is -7.31. The normalized spacial score (nSPS) is 13.4. The molecule has 0 heterocycles. The molecule has 0 aromatic carbocycles. The van der Waals surface area contributed by atoms with Gasteiger partial charge in [0, 0.05) is 34.9 Å². The first-order chi connectivity index (χ1) is 18.1. The molecule has 0 bridgehead atoms. The van der Waals surface area contributed by atoms with Gasteiger partial charge in [-0.3, -0.25) is 0 Å². The molecule has 4 N–H and O–H groups in total. The maximum atomic E-state index is 10.5. The molecule has 0 amide bonds. The molecule has 0 spiro atoms. The van der Waals surface area contributed by atoms with Crippen molar-refractivity contribution in [2.24, 2.45) is 0 Å². The zero-order valence-electron chi connectivity index (χ0n) is 31.6. The van der Waals surface area contributed by atoms with Crippen LogP contribution >= 0.6 is 0 Å². The van der Waals surface area contributed by atoms with Crippen LogP contribution in [0.25, 0.3) is 0 Å². The van der Waals surface area contributed by atoms with E-state index in [1.165, 1.54) is 0 Å². The van der Waals surface area contributed by atoms with Gasteiger partial charge in [0.2, 0.25) is 0 Å². The molecular weight excluding hydrogens is 624 g/mol. The average molecular weight is 697 g/mol. The Hall–Kier alpha value is 0.748. The minimum atomic E-state index is -3.66. The van der Waals surface area contributed by atoms with Gasteiger partial charge in [0.25, 0.3) is 0 Å². The second-order valence-electron chi connectivity index (χ2n) is 15.8. The molecule has 43 heavy (non-hydrogen) atoms. The predicted octanol–water partition coefficient (Wildman–Crippen LogP) is 6.49. The number of aliphatic hydroxyl groups is 2. The number of hydrogen-bond acceptors (Lipinski definition) is 10. The minimum absolute atomic E-state index is 0. The molecule has 0 atom stereocenters. The molecule has 0 rings (SSSR count). The van der Waals surface area contributed by atoms with Crippen molar-refractivity contribution in [3.8, 4) is 0 Å². The van der Waals surface area contributed by atoms with Crippen LogP contribution in [0.4, 0.5) is 0 Å². The number of hydrogen-bond donors (Lipinski definition) is 4. The zero-order chi connectivity index (χ0) is 35.1. The summed E-state index contributed by atoms with van der Waals surface area (Å²) >= 11 is 0. The van der Waals surface area contributed by atoms with E-state index in [0.29, 0.717) is 13.2 Å². The molecule has 0 saturated heterocycles. The van der Waals surface area contributed by atoms with E-state index in [1.807, 2.05) is 138 Å². The molecule has 0 saturated carbocycles. The monoisotopic (exact) mass is 696 g/mol. The second-order valence-corrected chi connectivity index (χ2v) is 19.1. The standard InChI is InChI=1S/2C12H28O4Si.2C3H8O.Ti/c2*1-10(2,3)14-17(13,15-11(4,5)6)16-12(7,8)9;2*1-2-3-4;/h2*13H,1-9H3;2*4H,2-3H2,1H3;. The van der Waals surface area contributed by atoms with Gasteiger partial charge in [-0.2, -0.15) is 0 Å². The summed E-state index contributed by atoms with van der Waals surface area (Å²) in [6.07, 6.45) is 1.75. The smallest absolute Gasteiger partial charge is 0.396 e. The Morgan fingerprint density at radius 1 is 0.372 bits per heavy atom. The van der Waals surface area contributed by atoms with Crippen molar-refractivity contribution in [1.29, 1.82) is 0 Å². The fraction of sp³-hybridized carbons (Fsp3) is 1.00. The summed E-state index contributed by atoms with van der Waals surface area (Å²) < 4.78 is 33.8. The Morgan fingerprint density at radius 2 is 0.465 bits per heavy atom. The third-order valence-corrected chi connectivity index (χ3v) is 8.28. The molecule has 0 aliphatic rings. The first-order valence-electron chi connectivity index (χ1n) is 14.9. The summed E-state index contributed by atoms with van der Waals surface area (Å²) in [6.45, 7) is 38.1. The summed E-state index contributed by atoms with van der Waals surface area (Å²) in [5, 5.41) is 15.8. The number of aliphatic hydroxyl groups excluding tert-OH is 2. The first-order valence-corrected chi connectivity index (χ1v) is 18.3. The Bertz CT molecular complexity index is 526. The van der Waals surface area contributed by atoms with Gasteiger partial charge in [0.05, 0.1) is 33.6 Å². The van der Waals surface area contributed by atoms with E-state index in [1.54, 1.807) is 0 Å². The molecule has 264 valence electrons. The van der Waals surface area contributed by atoms with E-state index in [2.05, 4.69) is 0 Å². The maximum absolute atomic E-state index is 10.5. The van der Waals surface area contributed by atoms with E-state index in [9.17, 15) is 9.59 Å². The molecule has 0 unspecified atom stereocenters. The van der Waals surface area contributed by atoms with Crippen molar-refractivity contribution in [2.45, 2.75) is 185 Å². The Balaban J connectivity index is -0.000000175. The van der Waals surface area contributed by atoms with Gasteiger partial charge in [-0.25, -0.2) is 0 Å². The van der Waals surface area contributed by atoms with Crippen LogP contribution in [0.5, 0.6) is 0 Å². The summed E-state index contributed by atoms with van der Waals surface area (Å²) in [4.78, 5) is 21.0. The fourth-order valence-corrected chi connectivity index (χ4v) is 7.34. The van der Waals surface area contributed by atoms with Gasteiger partial charge in [0.1, 0.15) is 0 Å². The molecule has 0 aliphatic carbocycles. The summed E-state index contributed by atoms with van der Waals surface area (Å²) in [5.74, 6) is 0. The van der Waals surface area contributed by atoms with Crippen molar-refractivity contribution in [1.82, 2.24) is 0 Å². The molecule has 10 nitrogen and oxygen atoms in total. The van der Waals surface area contributed by atoms with Gasteiger partial charge < -0.3 is 46.4 Å². The molecule has 0 aromatic rings. The largest absolute Gasteiger partial charge is 0.678 e. The Labute approximate surface area is 283 Å². The van der Waals surface area contributed by atoms with Gasteiger partial charge in [-0.05, 0) is 137 Å². The Morgan fingerprint density at radius 3 is 0.512 bits per heavy atom. The van der Waals surface area contributed by atoms with E-state index in [0.717, 1.165) is 12.8 Å². The SMILES string of the molecule is CC(C)(C)O[Si](O)(OC(C)(C)C)OC(C)(C)C.CC(C)(C)O[Si](O)(OC(C)(C)C)OC(C)(C)C.CCCO.CCCO.[Ti]. The maximum Gasteiger partial charge on any atom is 0.678 e. The summed E-state index contributed by atoms with van der Waals surface area (Å²) in [6, 6.07) is 0. The van der Waals surface area contributed by atoms with E-state index < -0.39 is 51.7 Å². The number of rotatable bonds is 8. The first kappa shape index (κ1) is 53.2. The van der Waals surface area contributed by atoms with Crippen molar-refractivity contribution >= 4 is 18.1 Å². The average Bonchev–Trinajstić information content (AvgIpc) is 2.58. The molecule has 0 radical (unpaired) electrons. The molecule has 0 aliphatic heterocycles. The van der Waals surface area contributed by atoms with Gasteiger partial charge in [-0.1, -0.05) is 13.8 Å². The van der Waals surface area contributed by atoms with Crippen LogP contribution in [0, 0.1) is 0 Å². The zero-order valence-corrected chi connectivity index (χ0v) is 35.1. The van der Waals surface area contributed by atoms with Gasteiger partial charge in [-0.15, -0.1) is 0 Å². The quantitative estimate of drug-likeness (QED) is 0.209. The van der Waals surface area contributed by atoms with Crippen LogP contribution in [0.1, 0.15) is 151 Å². The minimum Gasteiger partial charge on any atom is -0.396 e. The van der Waals surface area contributed by atoms with E-state index in [-0.39, 0.29) is 21.7 Å². The van der Waals surface area contributed by atoms with E-state index in [4.69, 9.17) is 36.8 Å². The van der Waals surface area contributed by atoms with Crippen LogP contribution in [-0.4, -0.2) is 84.7 Å². The van der Waals surface area contributed by atoms with Crippen molar-refractivity contribution in [3.05, 3.63) is 0 Å². The fourth-order valence-electron chi connectivity index (χ4n) is 2.45. The molecular formula is C30H72O10Si2Ti. The van der Waals surface area contributed by atoms with Gasteiger partial charge >= 0.3 is 18.1 Å². The molecule has 0 aromatic heterocycles. The van der Waals surface area contributed by atoms with E-state index >= 15 is 0 Å². The van der Waals surface area contributed by atoms with Crippen molar-refractivity contribution in [2.75, 3.05) is 13.2 Å². The topological polar surface area (TPSA) is 136 Å². The molecule has 13 heteroatoms. The van der Waals surface area contributed by atoms with Crippen LogP contribution in [0.15, 0.2) is 0 Å². The van der Waals surface area contributed by atoms with Crippen LogP contribution < -0.4 is 0 Å². The Kier molecular flexibility index (Phi) is 26.7.